The van der Waals surface area contributed by atoms with E-state index in [1.165, 1.54) is 60.1 Å². The third kappa shape index (κ3) is 13.5. The van der Waals surface area contributed by atoms with Crippen LogP contribution in [-0.2, 0) is 4.74 Å². The zero-order valence-corrected chi connectivity index (χ0v) is 26.7. The summed E-state index contributed by atoms with van der Waals surface area (Å²) in [5.74, 6) is -1.23. The third-order valence-electron chi connectivity index (χ3n) is 5.30. The van der Waals surface area contributed by atoms with Crippen molar-refractivity contribution in [3.8, 4) is 0 Å². The molecule has 2 rings (SSSR count). The number of rotatable bonds is 11. The van der Waals surface area contributed by atoms with Crippen LogP contribution < -0.4 is 5.32 Å². The summed E-state index contributed by atoms with van der Waals surface area (Å²) in [4.78, 5) is 16.6. The second-order valence-corrected chi connectivity index (χ2v) is 9.74. The quantitative estimate of drug-likeness (QED) is 0.203. The van der Waals surface area contributed by atoms with Crippen molar-refractivity contribution >= 4 is 28.2 Å². The number of aryl methyl sites for hydroxylation is 2. The first-order valence-electron chi connectivity index (χ1n) is 13.5. The number of halogens is 1. The summed E-state index contributed by atoms with van der Waals surface area (Å²) in [6.07, 6.45) is 14.1. The normalized spacial score (nSPS) is 11.6. The molecule has 2 aromatic rings. The average Bonchev–Trinajstić information content (AvgIpc) is 3.38. The minimum Gasteiger partial charge on any atom is -0.494 e. The standard InChI is InChI=1S/C17H17FN4O2S.C13H22O.C2H6/c1-5-6-7-14(24-4)15(18)12-8-10(2)19-9-13(12)16(23)20-17-22-21-11(3)25-17;1-5-7-13(11(3)4)9-8-12(6-2)10-14;1-2/h5-9H,1H2,2-4H3,(H,20,22,23);6,8-9,14H,5,7,10H2,1-4H3;1-2H3/b7-6-,15-14+;9-8-,12-6+;. The molecule has 0 bridgehead atoms. The minimum absolute atomic E-state index is 0.0219. The van der Waals surface area contributed by atoms with Gasteiger partial charge in [0, 0.05) is 17.5 Å². The Labute approximate surface area is 249 Å². The number of pyridine rings is 1. The van der Waals surface area contributed by atoms with E-state index < -0.39 is 11.7 Å². The Kier molecular flexibility index (Phi) is 19.2. The van der Waals surface area contributed by atoms with E-state index in [0.29, 0.717) is 15.8 Å². The van der Waals surface area contributed by atoms with Gasteiger partial charge >= 0.3 is 0 Å². The molecule has 0 aliphatic carbocycles. The highest BCUT2D eigenvalue weighted by Gasteiger charge is 2.19. The fraction of sp³-hybridized carbons (Fsp3) is 0.375. The molecule has 2 heterocycles. The number of hydrogen-bond donors (Lipinski definition) is 2. The molecule has 0 radical (unpaired) electrons. The maximum Gasteiger partial charge on any atom is 0.259 e. The summed E-state index contributed by atoms with van der Waals surface area (Å²) in [5, 5.41) is 20.3. The summed E-state index contributed by atoms with van der Waals surface area (Å²) in [5.41, 5.74) is 4.42. The summed E-state index contributed by atoms with van der Waals surface area (Å²) >= 11 is 1.22. The van der Waals surface area contributed by atoms with Crippen LogP contribution in [-0.4, -0.2) is 39.9 Å². The molecule has 0 aromatic carbocycles. The van der Waals surface area contributed by atoms with E-state index in [4.69, 9.17) is 9.84 Å². The number of carbonyl (C=O) groups is 1. The van der Waals surface area contributed by atoms with Crippen LogP contribution in [0.25, 0.3) is 5.83 Å². The van der Waals surface area contributed by atoms with Crippen molar-refractivity contribution in [2.75, 3.05) is 19.0 Å². The number of methoxy groups -OCH3 is 1. The molecule has 1 amide bonds. The smallest absolute Gasteiger partial charge is 0.259 e. The number of aromatic nitrogens is 3. The molecule has 2 N–H and O–H groups in total. The minimum atomic E-state index is -0.676. The largest absolute Gasteiger partial charge is 0.494 e. The van der Waals surface area contributed by atoms with Crippen LogP contribution in [0.2, 0.25) is 0 Å². The van der Waals surface area contributed by atoms with E-state index in [9.17, 15) is 9.18 Å². The Balaban J connectivity index is 0.000000853. The Morgan fingerprint density at radius 1 is 1.17 bits per heavy atom. The molecule has 0 aliphatic heterocycles. The number of nitrogens with zero attached hydrogens (tertiary/aromatic N) is 3. The van der Waals surface area contributed by atoms with Gasteiger partial charge in [-0.2, -0.15) is 0 Å². The van der Waals surface area contributed by atoms with E-state index in [1.807, 2.05) is 32.9 Å². The van der Waals surface area contributed by atoms with Gasteiger partial charge < -0.3 is 9.84 Å². The molecule has 0 saturated heterocycles. The lowest BCUT2D eigenvalue weighted by molar-refractivity contribution is 0.102. The van der Waals surface area contributed by atoms with Crippen LogP contribution in [0.5, 0.6) is 0 Å². The highest BCUT2D eigenvalue weighted by molar-refractivity contribution is 7.15. The molecule has 0 fully saturated rings. The number of hydrogen-bond acceptors (Lipinski definition) is 7. The van der Waals surface area contributed by atoms with Crippen molar-refractivity contribution in [2.45, 2.75) is 68.2 Å². The van der Waals surface area contributed by atoms with Gasteiger partial charge in [-0.05, 0) is 64.3 Å². The van der Waals surface area contributed by atoms with Gasteiger partial charge in [0.25, 0.3) is 5.91 Å². The Morgan fingerprint density at radius 2 is 1.85 bits per heavy atom. The average molecular weight is 585 g/mol. The van der Waals surface area contributed by atoms with Crippen LogP contribution in [0.4, 0.5) is 9.52 Å². The van der Waals surface area contributed by atoms with Crippen LogP contribution in [0.3, 0.4) is 0 Å². The SMILES string of the molecule is C/C=C(\C=C/C(CCC)=C(C)C)CO.C=C/C=C\C(OC)=C(/F)c1cc(C)ncc1C(=O)Nc1nnc(C)s1.CC. The lowest BCUT2D eigenvalue weighted by Gasteiger charge is -2.10. The number of nitrogens with one attached hydrogen (secondary N) is 1. The highest BCUT2D eigenvalue weighted by Crippen LogP contribution is 2.27. The molecule has 0 saturated carbocycles. The lowest BCUT2D eigenvalue weighted by atomic mass is 10.0. The number of allylic oxidation sites excluding steroid dienone is 7. The van der Waals surface area contributed by atoms with Gasteiger partial charge in [0.1, 0.15) is 5.01 Å². The van der Waals surface area contributed by atoms with Crippen molar-refractivity contribution in [2.24, 2.45) is 0 Å². The second kappa shape index (κ2) is 21.1. The number of anilines is 1. The molecular weight excluding hydrogens is 539 g/mol. The topological polar surface area (TPSA) is 97.2 Å². The number of ether oxygens (including phenoxy) is 1. The summed E-state index contributed by atoms with van der Waals surface area (Å²) in [6, 6.07) is 1.48. The van der Waals surface area contributed by atoms with E-state index in [0.717, 1.165) is 18.4 Å². The van der Waals surface area contributed by atoms with Crippen molar-refractivity contribution in [1.82, 2.24) is 15.2 Å². The van der Waals surface area contributed by atoms with Gasteiger partial charge in [0.05, 0.1) is 19.3 Å². The van der Waals surface area contributed by atoms with E-state index >= 15 is 0 Å². The van der Waals surface area contributed by atoms with Gasteiger partial charge in [0.2, 0.25) is 5.13 Å². The Hall–Kier alpha value is -3.69. The second-order valence-electron chi connectivity index (χ2n) is 8.56. The van der Waals surface area contributed by atoms with Crippen molar-refractivity contribution in [3.63, 3.8) is 0 Å². The molecule has 41 heavy (non-hydrogen) atoms. The van der Waals surface area contributed by atoms with Gasteiger partial charge in [-0.1, -0.05) is 81.1 Å². The fourth-order valence-electron chi connectivity index (χ4n) is 3.17. The summed E-state index contributed by atoms with van der Waals surface area (Å²) < 4.78 is 20.0. The van der Waals surface area contributed by atoms with E-state index in [2.05, 4.69) is 53.9 Å². The molecule has 7 nitrogen and oxygen atoms in total. The molecule has 0 unspecified atom stereocenters. The van der Waals surface area contributed by atoms with Gasteiger partial charge in [-0.3, -0.25) is 15.1 Å². The summed E-state index contributed by atoms with van der Waals surface area (Å²) in [6.45, 7) is 19.5. The molecule has 224 valence electrons. The number of amides is 1. The molecule has 0 spiro atoms. The predicted molar refractivity (Wildman–Crippen MR) is 171 cm³/mol. The van der Waals surface area contributed by atoms with Crippen LogP contribution in [0, 0.1) is 13.8 Å². The molecular formula is C32H45FN4O3S. The van der Waals surface area contributed by atoms with Crippen molar-refractivity contribution < 1.29 is 19.0 Å². The highest BCUT2D eigenvalue weighted by atomic mass is 32.1. The van der Waals surface area contributed by atoms with Crippen LogP contribution >= 0.6 is 11.3 Å². The maximum atomic E-state index is 14.9. The zero-order chi connectivity index (χ0) is 31.4. The number of aliphatic hydroxyl groups excluding tert-OH is 1. The third-order valence-corrected chi connectivity index (χ3v) is 6.06. The first kappa shape index (κ1) is 37.3. The first-order valence-corrected chi connectivity index (χ1v) is 14.3. The predicted octanol–water partition coefficient (Wildman–Crippen LogP) is 8.47. The molecule has 0 aliphatic rings. The van der Waals surface area contributed by atoms with Crippen LogP contribution in [0.15, 0.2) is 77.8 Å². The van der Waals surface area contributed by atoms with Crippen LogP contribution in [0.1, 0.15) is 81.0 Å². The summed E-state index contributed by atoms with van der Waals surface area (Å²) in [7, 11) is 1.35. The van der Waals surface area contributed by atoms with Gasteiger partial charge in [-0.25, -0.2) is 4.39 Å². The van der Waals surface area contributed by atoms with Gasteiger partial charge in [-0.15, -0.1) is 10.2 Å². The van der Waals surface area contributed by atoms with Gasteiger partial charge in [0.15, 0.2) is 11.6 Å². The molecule has 0 atom stereocenters. The van der Waals surface area contributed by atoms with E-state index in [1.54, 1.807) is 13.8 Å². The molecule has 2 aromatic heterocycles. The first-order chi connectivity index (χ1) is 19.6. The Morgan fingerprint density at radius 3 is 2.34 bits per heavy atom. The maximum absolute atomic E-state index is 14.9. The Bertz CT molecular complexity index is 1270. The van der Waals surface area contributed by atoms with Crippen molar-refractivity contribution in [1.29, 1.82) is 0 Å². The number of aliphatic hydroxyl groups is 1. The number of carbonyl (C=O) groups excluding carboxylic acids is 1. The monoisotopic (exact) mass is 584 g/mol. The zero-order valence-electron chi connectivity index (χ0n) is 25.8. The lowest BCUT2D eigenvalue weighted by Crippen LogP contribution is -2.15. The fourth-order valence-corrected chi connectivity index (χ4v) is 3.76. The van der Waals surface area contributed by atoms with Crippen molar-refractivity contribution in [3.05, 3.63) is 99.6 Å². The van der Waals surface area contributed by atoms with E-state index in [-0.39, 0.29) is 23.5 Å². The molecule has 9 heteroatoms.